The number of sulfonamides is 1. The number of nitrogens with zero attached hydrogens (tertiary/aromatic N) is 3. The van der Waals surface area contributed by atoms with Crippen LogP contribution in [0, 0.1) is 11.8 Å². The minimum Gasteiger partial charge on any atom is -0.357 e. The van der Waals surface area contributed by atoms with E-state index in [1.54, 1.807) is 0 Å². The first kappa shape index (κ1) is 24.2. The fourth-order valence-corrected chi connectivity index (χ4v) is 4.78. The summed E-state index contributed by atoms with van der Waals surface area (Å²) in [5, 5.41) is 6.45. The van der Waals surface area contributed by atoms with Crippen LogP contribution in [0.5, 0.6) is 0 Å². The third-order valence-electron chi connectivity index (χ3n) is 5.44. The molecule has 0 aromatic carbocycles. The quantitative estimate of drug-likeness (QED) is 0.444. The molecular weight excluding hydrogens is 407 g/mol. The van der Waals surface area contributed by atoms with Crippen molar-refractivity contribution >= 4 is 16.0 Å². The Morgan fingerprint density at radius 2 is 1.76 bits per heavy atom. The Labute approximate surface area is 172 Å². The molecule has 1 unspecified atom stereocenters. The van der Waals surface area contributed by atoms with Crippen molar-refractivity contribution in [2.75, 3.05) is 52.4 Å². The molecule has 2 saturated heterocycles. The predicted molar refractivity (Wildman–Crippen MR) is 108 cm³/mol. The van der Waals surface area contributed by atoms with Crippen LogP contribution in [0.4, 0.5) is 13.2 Å². The van der Waals surface area contributed by atoms with E-state index in [0.29, 0.717) is 48.7 Å². The second kappa shape index (κ2) is 10.8. The molecule has 0 aliphatic carbocycles. The Balaban J connectivity index is 1.77. The van der Waals surface area contributed by atoms with Crippen molar-refractivity contribution in [3.63, 3.8) is 0 Å². The number of piperidine rings is 1. The highest BCUT2D eigenvalue weighted by atomic mass is 32.2. The second-order valence-electron chi connectivity index (χ2n) is 8.01. The summed E-state index contributed by atoms with van der Waals surface area (Å²) >= 11 is 0. The summed E-state index contributed by atoms with van der Waals surface area (Å²) in [5.41, 5.74) is -5.23. The molecule has 0 radical (unpaired) electrons. The molecule has 2 N–H and O–H groups in total. The minimum absolute atomic E-state index is 0.102. The van der Waals surface area contributed by atoms with Gasteiger partial charge in [0, 0.05) is 39.3 Å². The van der Waals surface area contributed by atoms with E-state index in [0.717, 1.165) is 19.6 Å². The molecule has 0 bridgehead atoms. The normalized spacial score (nSPS) is 22.0. The van der Waals surface area contributed by atoms with Crippen molar-refractivity contribution in [3.8, 4) is 0 Å². The zero-order chi connectivity index (χ0) is 21.5. The van der Waals surface area contributed by atoms with Gasteiger partial charge in [0.1, 0.15) is 0 Å². The zero-order valence-electron chi connectivity index (χ0n) is 17.3. The van der Waals surface area contributed by atoms with Crippen LogP contribution in [0.25, 0.3) is 0 Å². The fraction of sp³-hybridized carbons (Fsp3) is 0.944. The van der Waals surface area contributed by atoms with Gasteiger partial charge in [0.15, 0.2) is 5.96 Å². The third kappa shape index (κ3) is 7.29. The molecule has 2 rings (SSSR count). The first-order valence-electron chi connectivity index (χ1n) is 10.4. The van der Waals surface area contributed by atoms with Gasteiger partial charge in [-0.3, -0.25) is 4.99 Å². The van der Waals surface area contributed by atoms with Gasteiger partial charge in [-0.05, 0) is 57.5 Å². The Morgan fingerprint density at radius 1 is 1.14 bits per heavy atom. The van der Waals surface area contributed by atoms with Crippen LogP contribution < -0.4 is 10.6 Å². The molecule has 0 saturated carbocycles. The molecule has 11 heteroatoms. The van der Waals surface area contributed by atoms with E-state index in [4.69, 9.17) is 0 Å². The van der Waals surface area contributed by atoms with Crippen molar-refractivity contribution in [2.45, 2.75) is 45.0 Å². The number of nitrogens with one attached hydrogen (secondary N) is 2. The second-order valence-corrected chi connectivity index (χ2v) is 9.94. The number of hydrogen-bond acceptors (Lipinski definition) is 4. The summed E-state index contributed by atoms with van der Waals surface area (Å²) in [4.78, 5) is 7.10. The van der Waals surface area contributed by atoms with Gasteiger partial charge in [0.2, 0.25) is 0 Å². The molecule has 170 valence electrons. The SMILES string of the molecule is CCNC(=NCC(C)CN1CCCC1)NCC1CCN(S(=O)(=O)C(F)(F)F)CC1. The van der Waals surface area contributed by atoms with Crippen LogP contribution in [-0.4, -0.2) is 81.4 Å². The molecule has 29 heavy (non-hydrogen) atoms. The van der Waals surface area contributed by atoms with E-state index in [-0.39, 0.29) is 19.0 Å². The maximum atomic E-state index is 12.7. The molecule has 2 heterocycles. The third-order valence-corrected chi connectivity index (χ3v) is 7.07. The number of aliphatic imine (C=N–C) groups is 1. The average molecular weight is 442 g/mol. The number of alkyl halides is 3. The highest BCUT2D eigenvalue weighted by Gasteiger charge is 2.50. The Bertz CT molecular complexity index is 628. The molecule has 0 aromatic heterocycles. The number of hydrogen-bond donors (Lipinski definition) is 2. The highest BCUT2D eigenvalue weighted by Crippen LogP contribution is 2.30. The lowest BCUT2D eigenvalue weighted by Crippen LogP contribution is -2.47. The van der Waals surface area contributed by atoms with E-state index >= 15 is 0 Å². The number of rotatable bonds is 8. The average Bonchev–Trinajstić information content (AvgIpc) is 3.16. The smallest absolute Gasteiger partial charge is 0.357 e. The molecule has 2 aliphatic heterocycles. The number of likely N-dealkylation sites (tertiary alicyclic amines) is 1. The molecule has 2 fully saturated rings. The van der Waals surface area contributed by atoms with Crippen LogP contribution in [0.1, 0.15) is 39.5 Å². The van der Waals surface area contributed by atoms with Gasteiger partial charge in [0.25, 0.3) is 0 Å². The topological polar surface area (TPSA) is 77.0 Å². The first-order chi connectivity index (χ1) is 13.6. The summed E-state index contributed by atoms with van der Waals surface area (Å²) in [5.74, 6) is 1.26. The van der Waals surface area contributed by atoms with Crippen molar-refractivity contribution in [1.29, 1.82) is 0 Å². The lowest BCUT2D eigenvalue weighted by atomic mass is 9.98. The van der Waals surface area contributed by atoms with Gasteiger partial charge in [-0.15, -0.1) is 0 Å². The van der Waals surface area contributed by atoms with Gasteiger partial charge < -0.3 is 15.5 Å². The molecular formula is C18H34F3N5O2S. The summed E-state index contributed by atoms with van der Waals surface area (Å²) < 4.78 is 61.5. The Kier molecular flexibility index (Phi) is 9.02. The van der Waals surface area contributed by atoms with Crippen molar-refractivity contribution in [1.82, 2.24) is 19.8 Å². The fourth-order valence-electron chi connectivity index (χ4n) is 3.79. The van der Waals surface area contributed by atoms with Gasteiger partial charge in [-0.2, -0.15) is 17.5 Å². The molecule has 0 aromatic rings. The lowest BCUT2D eigenvalue weighted by Gasteiger charge is -2.31. The molecule has 0 amide bonds. The minimum atomic E-state index is -5.23. The van der Waals surface area contributed by atoms with Crippen LogP contribution in [0.3, 0.4) is 0 Å². The van der Waals surface area contributed by atoms with Gasteiger partial charge in [-0.25, -0.2) is 8.42 Å². The number of halogens is 3. The Morgan fingerprint density at radius 3 is 2.31 bits per heavy atom. The van der Waals surface area contributed by atoms with Crippen molar-refractivity contribution in [3.05, 3.63) is 0 Å². The van der Waals surface area contributed by atoms with E-state index in [9.17, 15) is 21.6 Å². The van der Waals surface area contributed by atoms with Crippen LogP contribution in [0.15, 0.2) is 4.99 Å². The molecule has 0 spiro atoms. The summed E-state index contributed by atoms with van der Waals surface area (Å²) in [6, 6.07) is 0. The largest absolute Gasteiger partial charge is 0.511 e. The van der Waals surface area contributed by atoms with Crippen LogP contribution >= 0.6 is 0 Å². The van der Waals surface area contributed by atoms with Crippen molar-refractivity contribution in [2.24, 2.45) is 16.8 Å². The van der Waals surface area contributed by atoms with E-state index in [1.807, 2.05) is 6.92 Å². The monoisotopic (exact) mass is 441 g/mol. The van der Waals surface area contributed by atoms with Crippen LogP contribution in [-0.2, 0) is 10.0 Å². The summed E-state index contributed by atoms with van der Waals surface area (Å²) in [7, 11) is -5.22. The van der Waals surface area contributed by atoms with Crippen molar-refractivity contribution < 1.29 is 21.6 Å². The summed E-state index contributed by atoms with van der Waals surface area (Å²) in [6.45, 7) is 9.30. The summed E-state index contributed by atoms with van der Waals surface area (Å²) in [6.07, 6.45) is 3.33. The standard InChI is InChI=1S/C18H34F3N5O2S/c1-3-22-17(23-12-15(2)14-25-8-4-5-9-25)24-13-16-6-10-26(11-7-16)29(27,28)18(19,20)21/h15-16H,3-14H2,1-2H3,(H2,22,23,24). The van der Waals surface area contributed by atoms with Gasteiger partial charge in [0.05, 0.1) is 0 Å². The molecule has 1 atom stereocenters. The maximum absolute atomic E-state index is 12.7. The Hall–Kier alpha value is -1.07. The van der Waals surface area contributed by atoms with Crippen LogP contribution in [0.2, 0.25) is 0 Å². The highest BCUT2D eigenvalue weighted by molar-refractivity contribution is 7.90. The van der Waals surface area contributed by atoms with E-state index in [2.05, 4.69) is 27.4 Å². The zero-order valence-corrected chi connectivity index (χ0v) is 18.2. The first-order valence-corrected chi connectivity index (χ1v) is 11.9. The van der Waals surface area contributed by atoms with E-state index < -0.39 is 15.5 Å². The predicted octanol–water partition coefficient (Wildman–Crippen LogP) is 1.84. The maximum Gasteiger partial charge on any atom is 0.511 e. The van der Waals surface area contributed by atoms with Gasteiger partial charge >= 0.3 is 15.5 Å². The molecule has 2 aliphatic rings. The lowest BCUT2D eigenvalue weighted by molar-refractivity contribution is -0.0496. The number of guanidine groups is 1. The van der Waals surface area contributed by atoms with Gasteiger partial charge in [-0.1, -0.05) is 6.92 Å². The van der Waals surface area contributed by atoms with E-state index in [1.165, 1.54) is 12.8 Å². The molecule has 7 nitrogen and oxygen atoms in total.